The van der Waals surface area contributed by atoms with Gasteiger partial charge >= 0.3 is 0 Å². The molecule has 1 saturated heterocycles. The monoisotopic (exact) mass is 501 g/mol. The molecule has 0 spiro atoms. The van der Waals surface area contributed by atoms with Gasteiger partial charge in [-0.2, -0.15) is 0 Å². The second-order valence-corrected chi connectivity index (χ2v) is 8.53. The Hall–Kier alpha value is -4.26. The highest BCUT2D eigenvalue weighted by Crippen LogP contribution is 2.41. The number of amides is 1. The number of ether oxygens (including phenoxy) is 3. The highest BCUT2D eigenvalue weighted by Gasteiger charge is 2.46. The van der Waals surface area contributed by atoms with Crippen molar-refractivity contribution < 1.29 is 28.9 Å². The molecule has 4 rings (SSSR count). The number of nitrogens with zero attached hydrogens (tertiary/aromatic N) is 1. The smallest absolute Gasteiger partial charge is 0.295 e. The average Bonchev–Trinajstić information content (AvgIpc) is 3.18. The SMILES string of the molecule is CCOc1ccc(/C(O)=C2/C(=O)C(=O)N(CCc3ccc(OC)cc3)C2c2ccccc2)c(OCC)c1. The van der Waals surface area contributed by atoms with Crippen molar-refractivity contribution >= 4 is 17.4 Å². The second-order valence-electron chi connectivity index (χ2n) is 8.53. The Morgan fingerprint density at radius 2 is 1.57 bits per heavy atom. The molecular weight excluding hydrogens is 470 g/mol. The van der Waals surface area contributed by atoms with Gasteiger partial charge in [-0.15, -0.1) is 0 Å². The molecule has 192 valence electrons. The third-order valence-corrected chi connectivity index (χ3v) is 6.27. The van der Waals surface area contributed by atoms with Crippen LogP contribution in [0.5, 0.6) is 17.2 Å². The molecule has 0 bridgehead atoms. The predicted molar refractivity (Wildman–Crippen MR) is 141 cm³/mol. The Balaban J connectivity index is 1.76. The van der Waals surface area contributed by atoms with Crippen LogP contribution < -0.4 is 14.2 Å². The second kappa shape index (κ2) is 11.6. The van der Waals surface area contributed by atoms with Gasteiger partial charge < -0.3 is 24.2 Å². The van der Waals surface area contributed by atoms with Crippen molar-refractivity contribution in [1.82, 2.24) is 4.90 Å². The van der Waals surface area contributed by atoms with Crippen molar-refractivity contribution in [2.75, 3.05) is 26.9 Å². The molecule has 1 aliphatic rings. The van der Waals surface area contributed by atoms with E-state index in [1.807, 2.05) is 68.4 Å². The first kappa shape index (κ1) is 25.8. The number of aliphatic hydroxyl groups excluding tert-OH is 1. The normalized spacial score (nSPS) is 16.6. The molecule has 1 unspecified atom stereocenters. The summed E-state index contributed by atoms with van der Waals surface area (Å²) in [5.74, 6) is 0.0639. The number of methoxy groups -OCH3 is 1. The number of hydrogen-bond donors (Lipinski definition) is 1. The summed E-state index contributed by atoms with van der Waals surface area (Å²) in [4.78, 5) is 28.2. The van der Waals surface area contributed by atoms with E-state index in [9.17, 15) is 14.7 Å². The Labute approximate surface area is 216 Å². The Morgan fingerprint density at radius 3 is 2.22 bits per heavy atom. The summed E-state index contributed by atoms with van der Waals surface area (Å²) in [6.45, 7) is 4.84. The highest BCUT2D eigenvalue weighted by atomic mass is 16.5. The van der Waals surface area contributed by atoms with Gasteiger partial charge in [-0.05, 0) is 55.7 Å². The topological polar surface area (TPSA) is 85.3 Å². The van der Waals surface area contributed by atoms with Crippen molar-refractivity contribution in [3.05, 3.63) is 95.1 Å². The number of ketones is 1. The van der Waals surface area contributed by atoms with E-state index in [4.69, 9.17) is 14.2 Å². The molecule has 37 heavy (non-hydrogen) atoms. The highest BCUT2D eigenvalue weighted by molar-refractivity contribution is 6.46. The summed E-state index contributed by atoms with van der Waals surface area (Å²) >= 11 is 0. The molecule has 0 radical (unpaired) electrons. The molecule has 7 heteroatoms. The quantitative estimate of drug-likeness (QED) is 0.235. The first-order chi connectivity index (χ1) is 18.0. The van der Waals surface area contributed by atoms with Crippen LogP contribution in [0.2, 0.25) is 0 Å². The lowest BCUT2D eigenvalue weighted by molar-refractivity contribution is -0.139. The van der Waals surface area contributed by atoms with Gasteiger partial charge in [0.1, 0.15) is 23.0 Å². The van der Waals surface area contributed by atoms with E-state index < -0.39 is 17.7 Å². The lowest BCUT2D eigenvalue weighted by Gasteiger charge is -2.25. The summed E-state index contributed by atoms with van der Waals surface area (Å²) in [5.41, 5.74) is 2.11. The van der Waals surface area contributed by atoms with Crippen LogP contribution in [0.25, 0.3) is 5.76 Å². The fourth-order valence-corrected chi connectivity index (χ4v) is 4.51. The number of likely N-dealkylation sites (tertiary alicyclic amines) is 1. The van der Waals surface area contributed by atoms with Gasteiger partial charge in [0.15, 0.2) is 0 Å². The molecular formula is C30H31NO6. The maximum Gasteiger partial charge on any atom is 0.295 e. The zero-order chi connectivity index (χ0) is 26.4. The van der Waals surface area contributed by atoms with Crippen molar-refractivity contribution in [2.45, 2.75) is 26.3 Å². The minimum atomic E-state index is -0.736. The first-order valence-electron chi connectivity index (χ1n) is 12.3. The zero-order valence-electron chi connectivity index (χ0n) is 21.3. The molecule has 1 amide bonds. The van der Waals surface area contributed by atoms with Gasteiger partial charge in [-0.3, -0.25) is 9.59 Å². The molecule has 1 fully saturated rings. The summed E-state index contributed by atoms with van der Waals surface area (Å²) in [6, 6.07) is 21.2. The number of Topliss-reactive ketones (excluding diaryl/α,β-unsaturated/α-hetero) is 1. The van der Waals surface area contributed by atoms with Gasteiger partial charge in [0.25, 0.3) is 11.7 Å². The molecule has 1 atom stereocenters. The fourth-order valence-electron chi connectivity index (χ4n) is 4.51. The van der Waals surface area contributed by atoms with Crippen LogP contribution in [-0.4, -0.2) is 48.6 Å². The minimum Gasteiger partial charge on any atom is -0.507 e. The Morgan fingerprint density at radius 1 is 0.892 bits per heavy atom. The lowest BCUT2D eigenvalue weighted by Crippen LogP contribution is -2.31. The van der Waals surface area contributed by atoms with Crippen LogP contribution in [0.1, 0.15) is 36.6 Å². The molecule has 0 aliphatic carbocycles. The maximum atomic E-state index is 13.4. The Bertz CT molecular complexity index is 1280. The van der Waals surface area contributed by atoms with Gasteiger partial charge in [-0.1, -0.05) is 42.5 Å². The maximum absolute atomic E-state index is 13.4. The summed E-state index contributed by atoms with van der Waals surface area (Å²) in [7, 11) is 1.61. The number of benzene rings is 3. The van der Waals surface area contributed by atoms with Crippen molar-refractivity contribution in [1.29, 1.82) is 0 Å². The zero-order valence-corrected chi connectivity index (χ0v) is 21.3. The van der Waals surface area contributed by atoms with Gasteiger partial charge in [0.05, 0.1) is 37.5 Å². The predicted octanol–water partition coefficient (Wildman–Crippen LogP) is 5.16. The van der Waals surface area contributed by atoms with Crippen LogP contribution >= 0.6 is 0 Å². The number of hydrogen-bond acceptors (Lipinski definition) is 6. The summed E-state index contributed by atoms with van der Waals surface area (Å²) in [5, 5.41) is 11.5. The largest absolute Gasteiger partial charge is 0.507 e. The molecule has 3 aromatic rings. The molecule has 0 saturated carbocycles. The van der Waals surface area contributed by atoms with E-state index in [2.05, 4.69) is 0 Å². The van der Waals surface area contributed by atoms with Gasteiger partial charge in [-0.25, -0.2) is 0 Å². The van der Waals surface area contributed by atoms with Crippen LogP contribution in [-0.2, 0) is 16.0 Å². The molecule has 0 aromatic heterocycles. The number of rotatable bonds is 10. The van der Waals surface area contributed by atoms with E-state index in [1.54, 1.807) is 25.3 Å². The van der Waals surface area contributed by atoms with E-state index in [0.29, 0.717) is 43.2 Å². The molecule has 1 N–H and O–H groups in total. The van der Waals surface area contributed by atoms with Crippen LogP contribution in [0.3, 0.4) is 0 Å². The van der Waals surface area contributed by atoms with E-state index in [0.717, 1.165) is 16.9 Å². The van der Waals surface area contributed by atoms with Crippen LogP contribution in [0.15, 0.2) is 78.4 Å². The molecule has 3 aromatic carbocycles. The van der Waals surface area contributed by atoms with E-state index in [1.165, 1.54) is 4.90 Å². The summed E-state index contributed by atoms with van der Waals surface area (Å²) in [6.07, 6.45) is 0.535. The minimum absolute atomic E-state index is 0.0380. The first-order valence-corrected chi connectivity index (χ1v) is 12.3. The molecule has 1 heterocycles. The summed E-state index contributed by atoms with van der Waals surface area (Å²) < 4.78 is 16.6. The third kappa shape index (κ3) is 5.45. The van der Waals surface area contributed by atoms with Crippen LogP contribution in [0, 0.1) is 0 Å². The van der Waals surface area contributed by atoms with Crippen molar-refractivity contribution in [3.63, 3.8) is 0 Å². The molecule has 1 aliphatic heterocycles. The van der Waals surface area contributed by atoms with Gasteiger partial charge in [0, 0.05) is 12.6 Å². The standard InChI is InChI=1S/C30H31NO6/c1-4-36-23-15-16-24(25(19-23)37-5-2)28(32)26-27(21-9-7-6-8-10-21)31(30(34)29(26)33)18-17-20-11-13-22(35-3)14-12-20/h6-16,19,27,32H,4-5,17-18H2,1-3H3/b28-26-. The van der Waals surface area contributed by atoms with Crippen molar-refractivity contribution in [3.8, 4) is 17.2 Å². The number of aliphatic hydroxyl groups is 1. The van der Waals surface area contributed by atoms with Crippen molar-refractivity contribution in [2.24, 2.45) is 0 Å². The Kier molecular flexibility index (Phi) is 8.13. The lowest BCUT2D eigenvalue weighted by atomic mass is 9.95. The van der Waals surface area contributed by atoms with E-state index >= 15 is 0 Å². The van der Waals surface area contributed by atoms with Crippen LogP contribution in [0.4, 0.5) is 0 Å². The van der Waals surface area contributed by atoms with Gasteiger partial charge in [0.2, 0.25) is 0 Å². The van der Waals surface area contributed by atoms with E-state index in [-0.39, 0.29) is 11.3 Å². The average molecular weight is 502 g/mol. The third-order valence-electron chi connectivity index (χ3n) is 6.27. The number of carbonyl (C=O) groups is 2. The fraction of sp³-hybridized carbons (Fsp3) is 0.267. The number of carbonyl (C=O) groups excluding carboxylic acids is 2. The molecule has 7 nitrogen and oxygen atoms in total.